The van der Waals surface area contributed by atoms with Gasteiger partial charge in [-0.2, -0.15) is 0 Å². The highest BCUT2D eigenvalue weighted by Crippen LogP contribution is 2.40. The molecule has 1 N–H and O–H groups in total. The smallest absolute Gasteiger partial charge is 0.228 e. The maximum atomic E-state index is 12.3. The van der Waals surface area contributed by atoms with Crippen molar-refractivity contribution in [1.82, 2.24) is 0 Å². The first-order valence-electron chi connectivity index (χ1n) is 7.03. The number of hydrogen-bond acceptors (Lipinski definition) is 4. The third kappa shape index (κ3) is 4.04. The van der Waals surface area contributed by atoms with Gasteiger partial charge in [0.1, 0.15) is 0 Å². The van der Waals surface area contributed by atoms with Crippen LogP contribution in [-0.2, 0) is 11.2 Å². The Kier molecular flexibility index (Phi) is 6.17. The summed E-state index contributed by atoms with van der Waals surface area (Å²) in [5.41, 5.74) is 1.16. The predicted molar refractivity (Wildman–Crippen MR) is 94.9 cm³/mol. The van der Waals surface area contributed by atoms with Crippen LogP contribution in [0.25, 0.3) is 0 Å². The molecule has 0 aliphatic heterocycles. The zero-order valence-electron chi connectivity index (χ0n) is 13.5. The van der Waals surface area contributed by atoms with Crippen LogP contribution in [0.15, 0.2) is 30.3 Å². The Hall–Kier alpha value is -2.11. The van der Waals surface area contributed by atoms with Crippen molar-refractivity contribution < 1.29 is 19.0 Å². The fourth-order valence-corrected chi connectivity index (χ4v) is 2.72. The molecule has 0 heterocycles. The van der Waals surface area contributed by atoms with Crippen LogP contribution in [0.4, 0.5) is 5.69 Å². The zero-order chi connectivity index (χ0) is 17.7. The van der Waals surface area contributed by atoms with E-state index < -0.39 is 0 Å². The molecule has 2 aromatic rings. The van der Waals surface area contributed by atoms with E-state index in [0.717, 1.165) is 0 Å². The molecule has 0 atom stereocenters. The highest BCUT2D eigenvalue weighted by atomic mass is 35.5. The molecule has 2 rings (SSSR count). The van der Waals surface area contributed by atoms with Gasteiger partial charge in [-0.25, -0.2) is 0 Å². The lowest BCUT2D eigenvalue weighted by Gasteiger charge is -2.15. The highest BCUT2D eigenvalue weighted by Gasteiger charge is 2.18. The summed E-state index contributed by atoms with van der Waals surface area (Å²) >= 11 is 11.9. The molecule has 0 spiro atoms. The second kappa shape index (κ2) is 8.13. The van der Waals surface area contributed by atoms with Gasteiger partial charge in [0, 0.05) is 10.6 Å². The number of anilines is 1. The summed E-state index contributed by atoms with van der Waals surface area (Å²) in [7, 11) is 4.55. The topological polar surface area (TPSA) is 56.8 Å². The molecule has 0 saturated carbocycles. The quantitative estimate of drug-likeness (QED) is 0.828. The van der Waals surface area contributed by atoms with Crippen molar-refractivity contribution in [2.24, 2.45) is 0 Å². The van der Waals surface area contributed by atoms with Crippen molar-refractivity contribution in [3.8, 4) is 17.2 Å². The minimum atomic E-state index is -0.246. The van der Waals surface area contributed by atoms with Crippen molar-refractivity contribution in [2.45, 2.75) is 6.42 Å². The average Bonchev–Trinajstić information content (AvgIpc) is 2.56. The van der Waals surface area contributed by atoms with Gasteiger partial charge in [-0.05, 0) is 24.3 Å². The van der Waals surface area contributed by atoms with Crippen LogP contribution in [0.5, 0.6) is 17.2 Å². The molecule has 0 aliphatic carbocycles. The van der Waals surface area contributed by atoms with E-state index in [9.17, 15) is 4.79 Å². The van der Waals surface area contributed by atoms with E-state index in [1.54, 1.807) is 30.3 Å². The van der Waals surface area contributed by atoms with Gasteiger partial charge in [-0.1, -0.05) is 29.3 Å². The van der Waals surface area contributed by atoms with E-state index in [1.165, 1.54) is 21.3 Å². The third-order valence-corrected chi connectivity index (χ3v) is 3.89. The lowest BCUT2D eigenvalue weighted by molar-refractivity contribution is -0.115. The Balaban J connectivity index is 2.22. The summed E-state index contributed by atoms with van der Waals surface area (Å²) in [5, 5.41) is 3.62. The van der Waals surface area contributed by atoms with Crippen LogP contribution in [0.1, 0.15) is 5.56 Å². The molecule has 24 heavy (non-hydrogen) atoms. The summed E-state index contributed by atoms with van der Waals surface area (Å²) in [4.78, 5) is 12.3. The molecule has 0 radical (unpaired) electrons. The van der Waals surface area contributed by atoms with E-state index in [2.05, 4.69) is 5.32 Å². The number of benzene rings is 2. The molecule has 0 unspecified atom stereocenters. The summed E-state index contributed by atoms with van der Waals surface area (Å²) in [6.07, 6.45) is 0.0858. The number of hydrogen-bond donors (Lipinski definition) is 1. The number of amides is 1. The molecule has 128 valence electrons. The summed E-state index contributed by atoms with van der Waals surface area (Å²) in [6.45, 7) is 0. The van der Waals surface area contributed by atoms with Gasteiger partial charge >= 0.3 is 0 Å². The van der Waals surface area contributed by atoms with E-state index >= 15 is 0 Å². The first-order valence-corrected chi connectivity index (χ1v) is 7.78. The molecular formula is C17H17Cl2NO4. The van der Waals surface area contributed by atoms with E-state index in [-0.39, 0.29) is 12.3 Å². The number of carbonyl (C=O) groups excluding carboxylic acids is 1. The molecule has 0 bridgehead atoms. The summed E-state index contributed by atoms with van der Waals surface area (Å²) < 4.78 is 15.9. The summed E-state index contributed by atoms with van der Waals surface area (Å²) in [6, 6.07) is 8.34. The lowest BCUT2D eigenvalue weighted by Crippen LogP contribution is -2.15. The van der Waals surface area contributed by atoms with Gasteiger partial charge in [-0.15, -0.1) is 0 Å². The molecular weight excluding hydrogens is 353 g/mol. The minimum absolute atomic E-state index is 0.0858. The third-order valence-electron chi connectivity index (χ3n) is 3.34. The van der Waals surface area contributed by atoms with Crippen LogP contribution in [-0.4, -0.2) is 27.2 Å². The predicted octanol–water partition coefficient (Wildman–Crippen LogP) is 4.20. The zero-order valence-corrected chi connectivity index (χ0v) is 15.0. The molecule has 0 saturated heterocycles. The lowest BCUT2D eigenvalue weighted by atomic mass is 10.1. The first-order chi connectivity index (χ1) is 11.5. The molecule has 5 nitrogen and oxygen atoms in total. The monoisotopic (exact) mass is 369 g/mol. The van der Waals surface area contributed by atoms with Crippen LogP contribution in [0.3, 0.4) is 0 Å². The largest absolute Gasteiger partial charge is 0.493 e. The Morgan fingerprint density at radius 2 is 1.71 bits per heavy atom. The van der Waals surface area contributed by atoms with Crippen LogP contribution in [0.2, 0.25) is 10.0 Å². The molecule has 2 aromatic carbocycles. The molecule has 1 amide bonds. The Labute approximate surface area is 150 Å². The first kappa shape index (κ1) is 18.2. The number of ether oxygens (including phenoxy) is 3. The van der Waals surface area contributed by atoms with Crippen LogP contribution >= 0.6 is 23.2 Å². The highest BCUT2D eigenvalue weighted by molar-refractivity contribution is 6.36. The Morgan fingerprint density at radius 1 is 1.00 bits per heavy atom. The fourth-order valence-electron chi connectivity index (χ4n) is 2.26. The number of rotatable bonds is 6. The van der Waals surface area contributed by atoms with E-state index in [4.69, 9.17) is 37.4 Å². The second-order valence-electron chi connectivity index (χ2n) is 4.84. The second-order valence-corrected chi connectivity index (χ2v) is 5.69. The molecule has 7 heteroatoms. The standard InChI is InChI=1S/C17H17Cl2NO4/c1-22-14-7-4-10(16(23-2)17(14)24-3)8-15(21)20-13-6-5-11(18)9-12(13)19/h4-7,9H,8H2,1-3H3,(H,20,21). The van der Waals surface area contributed by atoms with Crippen molar-refractivity contribution in [3.63, 3.8) is 0 Å². The van der Waals surface area contributed by atoms with E-state index in [1.807, 2.05) is 0 Å². The van der Waals surface area contributed by atoms with Gasteiger partial charge in [0.25, 0.3) is 0 Å². The number of nitrogens with one attached hydrogen (secondary N) is 1. The SMILES string of the molecule is COc1ccc(CC(=O)Nc2ccc(Cl)cc2Cl)c(OC)c1OC. The van der Waals surface area contributed by atoms with Gasteiger partial charge in [0.05, 0.1) is 38.5 Å². The Morgan fingerprint density at radius 3 is 2.29 bits per heavy atom. The van der Waals surface area contributed by atoms with Crippen molar-refractivity contribution in [1.29, 1.82) is 0 Å². The van der Waals surface area contributed by atoms with Crippen LogP contribution in [0, 0.1) is 0 Å². The maximum Gasteiger partial charge on any atom is 0.228 e. The normalized spacial score (nSPS) is 10.2. The Bertz CT molecular complexity index is 750. The number of carbonyl (C=O) groups is 1. The minimum Gasteiger partial charge on any atom is -0.493 e. The van der Waals surface area contributed by atoms with Crippen LogP contribution < -0.4 is 19.5 Å². The van der Waals surface area contributed by atoms with Gasteiger partial charge in [0.2, 0.25) is 11.7 Å². The molecule has 0 aromatic heterocycles. The molecule has 0 aliphatic rings. The average molecular weight is 370 g/mol. The number of halogens is 2. The number of methoxy groups -OCH3 is 3. The van der Waals surface area contributed by atoms with Gasteiger partial charge < -0.3 is 19.5 Å². The van der Waals surface area contributed by atoms with Gasteiger partial charge in [0.15, 0.2) is 11.5 Å². The van der Waals surface area contributed by atoms with Crippen molar-refractivity contribution >= 4 is 34.8 Å². The summed E-state index contributed by atoms with van der Waals surface area (Å²) in [5.74, 6) is 1.17. The molecule has 0 fully saturated rings. The van der Waals surface area contributed by atoms with E-state index in [0.29, 0.717) is 38.5 Å². The maximum absolute atomic E-state index is 12.3. The van der Waals surface area contributed by atoms with Crippen molar-refractivity contribution in [2.75, 3.05) is 26.6 Å². The van der Waals surface area contributed by atoms with Gasteiger partial charge in [-0.3, -0.25) is 4.79 Å². The fraction of sp³-hybridized carbons (Fsp3) is 0.235. The van der Waals surface area contributed by atoms with Crippen molar-refractivity contribution in [3.05, 3.63) is 45.9 Å².